The first-order valence-electron chi connectivity index (χ1n) is 11.1. The smallest absolute Gasteiger partial charge is 0.232 e. The highest BCUT2D eigenvalue weighted by molar-refractivity contribution is 5.97. The predicted octanol–water partition coefficient (Wildman–Crippen LogP) is 5.45. The van der Waals surface area contributed by atoms with E-state index in [9.17, 15) is 4.79 Å². The van der Waals surface area contributed by atoms with Gasteiger partial charge in [0.05, 0.1) is 5.92 Å². The van der Waals surface area contributed by atoms with Gasteiger partial charge in [0.15, 0.2) is 0 Å². The predicted molar refractivity (Wildman–Crippen MR) is 126 cm³/mol. The van der Waals surface area contributed by atoms with E-state index >= 15 is 0 Å². The lowest BCUT2D eigenvalue weighted by Crippen LogP contribution is -2.25. The van der Waals surface area contributed by atoms with Crippen LogP contribution >= 0.6 is 0 Å². The Kier molecular flexibility index (Phi) is 5.65. The molecule has 1 amide bonds. The highest BCUT2D eigenvalue weighted by atomic mass is 16.5. The molecule has 1 atom stereocenters. The number of hydrogen-bond donors (Lipinski definition) is 0. The molecule has 0 aliphatic carbocycles. The summed E-state index contributed by atoms with van der Waals surface area (Å²) in [5, 5.41) is 4.15. The zero-order valence-electron chi connectivity index (χ0n) is 18.7. The first-order chi connectivity index (χ1) is 16.1. The van der Waals surface area contributed by atoms with Gasteiger partial charge in [0.25, 0.3) is 0 Å². The molecule has 1 unspecified atom stereocenters. The van der Waals surface area contributed by atoms with Crippen molar-refractivity contribution in [1.82, 2.24) is 10.1 Å². The molecule has 0 saturated carbocycles. The van der Waals surface area contributed by atoms with Crippen LogP contribution in [0, 0.1) is 13.8 Å². The third-order valence-corrected chi connectivity index (χ3v) is 5.93. The van der Waals surface area contributed by atoms with Gasteiger partial charge in [-0.3, -0.25) is 4.79 Å². The maximum absolute atomic E-state index is 12.7. The molecule has 1 saturated heterocycles. The largest absolute Gasteiger partial charge is 0.489 e. The van der Waals surface area contributed by atoms with E-state index < -0.39 is 0 Å². The topological polar surface area (TPSA) is 68.5 Å². The van der Waals surface area contributed by atoms with Crippen LogP contribution in [0.5, 0.6) is 5.75 Å². The van der Waals surface area contributed by atoms with Gasteiger partial charge in [0.2, 0.25) is 17.6 Å². The summed E-state index contributed by atoms with van der Waals surface area (Å²) in [7, 11) is 0. The van der Waals surface area contributed by atoms with E-state index in [1.807, 2.05) is 79.4 Å². The molecular weight excluding hydrogens is 414 g/mol. The van der Waals surface area contributed by atoms with Crippen molar-refractivity contribution in [2.24, 2.45) is 0 Å². The van der Waals surface area contributed by atoms with E-state index in [1.54, 1.807) is 0 Å². The highest BCUT2D eigenvalue weighted by Crippen LogP contribution is 2.34. The lowest BCUT2D eigenvalue weighted by Gasteiger charge is -2.19. The maximum Gasteiger partial charge on any atom is 0.232 e. The fourth-order valence-electron chi connectivity index (χ4n) is 4.08. The lowest BCUT2D eigenvalue weighted by atomic mass is 10.1. The van der Waals surface area contributed by atoms with E-state index in [1.165, 1.54) is 0 Å². The molecule has 0 radical (unpaired) electrons. The summed E-state index contributed by atoms with van der Waals surface area (Å²) in [6.45, 7) is 5.10. The minimum Gasteiger partial charge on any atom is -0.489 e. The second-order valence-electron chi connectivity index (χ2n) is 8.45. The summed E-state index contributed by atoms with van der Waals surface area (Å²) in [6.07, 6.45) is 0.362. The molecular formula is C27H25N3O3. The lowest BCUT2D eigenvalue weighted by molar-refractivity contribution is -0.117. The van der Waals surface area contributed by atoms with Gasteiger partial charge in [-0.15, -0.1) is 0 Å². The molecule has 5 rings (SSSR count). The van der Waals surface area contributed by atoms with E-state index in [0.29, 0.717) is 31.3 Å². The van der Waals surface area contributed by atoms with Crippen LogP contribution in [0.1, 0.15) is 34.9 Å². The fraction of sp³-hybridized carbons (Fsp3) is 0.222. The zero-order chi connectivity index (χ0) is 22.8. The summed E-state index contributed by atoms with van der Waals surface area (Å²) in [4.78, 5) is 19.1. The van der Waals surface area contributed by atoms with Crippen LogP contribution in [0.3, 0.4) is 0 Å². The van der Waals surface area contributed by atoms with Crippen LogP contribution in [0.2, 0.25) is 0 Å². The third kappa shape index (κ3) is 4.51. The quantitative estimate of drug-likeness (QED) is 0.399. The van der Waals surface area contributed by atoms with Crippen LogP contribution in [-0.4, -0.2) is 22.6 Å². The second-order valence-corrected chi connectivity index (χ2v) is 8.45. The van der Waals surface area contributed by atoms with Gasteiger partial charge >= 0.3 is 0 Å². The van der Waals surface area contributed by atoms with Gasteiger partial charge in [0.1, 0.15) is 12.4 Å². The van der Waals surface area contributed by atoms with Gasteiger partial charge in [-0.2, -0.15) is 4.98 Å². The van der Waals surface area contributed by atoms with Gasteiger partial charge in [0, 0.05) is 24.2 Å². The molecule has 1 aromatic heterocycles. The first-order valence-corrected chi connectivity index (χ1v) is 11.1. The zero-order valence-corrected chi connectivity index (χ0v) is 18.7. The van der Waals surface area contributed by atoms with Crippen molar-refractivity contribution in [1.29, 1.82) is 0 Å². The minimum atomic E-state index is -0.118. The standard InChI is InChI=1S/C27H25N3O3/c1-18-8-9-19(2)24(14-18)30-16-22(15-25(30)31)27-28-26(29-33-27)21-10-12-23(13-11-21)32-17-20-6-4-3-5-7-20/h3-14,22H,15-17H2,1-2H3. The van der Waals surface area contributed by atoms with Crippen LogP contribution in [0.4, 0.5) is 5.69 Å². The fourth-order valence-corrected chi connectivity index (χ4v) is 4.08. The van der Waals surface area contributed by atoms with Gasteiger partial charge in [-0.05, 0) is 60.9 Å². The van der Waals surface area contributed by atoms with E-state index in [0.717, 1.165) is 33.7 Å². The molecule has 166 valence electrons. The number of ether oxygens (including phenoxy) is 1. The van der Waals surface area contributed by atoms with Crippen molar-refractivity contribution >= 4 is 11.6 Å². The number of aryl methyl sites for hydroxylation is 2. The second kappa shape index (κ2) is 8.90. The van der Waals surface area contributed by atoms with Crippen molar-refractivity contribution in [3.8, 4) is 17.1 Å². The number of aromatic nitrogens is 2. The molecule has 3 aromatic carbocycles. The Morgan fingerprint density at radius 3 is 2.61 bits per heavy atom. The van der Waals surface area contributed by atoms with Crippen LogP contribution in [0.25, 0.3) is 11.4 Å². The van der Waals surface area contributed by atoms with Gasteiger partial charge in [-0.1, -0.05) is 47.6 Å². The average Bonchev–Trinajstić information content (AvgIpc) is 3.47. The van der Waals surface area contributed by atoms with Gasteiger partial charge in [-0.25, -0.2) is 0 Å². The molecule has 4 aromatic rings. The number of hydrogen-bond acceptors (Lipinski definition) is 5. The van der Waals surface area contributed by atoms with Crippen molar-refractivity contribution in [2.45, 2.75) is 32.8 Å². The monoisotopic (exact) mass is 439 g/mol. The number of amides is 1. The molecule has 1 aliphatic heterocycles. The number of benzene rings is 3. The van der Waals surface area contributed by atoms with Crippen molar-refractivity contribution in [3.05, 3.63) is 95.4 Å². The summed E-state index contributed by atoms with van der Waals surface area (Å²) in [5.74, 6) is 1.74. The molecule has 1 aliphatic rings. The van der Waals surface area contributed by atoms with Crippen molar-refractivity contribution in [3.63, 3.8) is 0 Å². The highest BCUT2D eigenvalue weighted by Gasteiger charge is 2.35. The van der Waals surface area contributed by atoms with E-state index in [4.69, 9.17) is 9.26 Å². The third-order valence-electron chi connectivity index (χ3n) is 5.93. The molecule has 6 nitrogen and oxygen atoms in total. The Morgan fingerprint density at radius 1 is 1.03 bits per heavy atom. The molecule has 2 heterocycles. The molecule has 6 heteroatoms. The summed E-state index contributed by atoms with van der Waals surface area (Å²) < 4.78 is 11.4. The Labute approximate surface area is 192 Å². The number of carbonyl (C=O) groups excluding carboxylic acids is 1. The first kappa shape index (κ1) is 20.9. The summed E-state index contributed by atoms with van der Waals surface area (Å²) in [6, 6.07) is 23.8. The number of nitrogens with zero attached hydrogens (tertiary/aromatic N) is 3. The van der Waals surface area contributed by atoms with Crippen LogP contribution < -0.4 is 9.64 Å². The van der Waals surface area contributed by atoms with E-state index in [2.05, 4.69) is 22.3 Å². The summed E-state index contributed by atoms with van der Waals surface area (Å²) >= 11 is 0. The Morgan fingerprint density at radius 2 is 1.82 bits per heavy atom. The maximum atomic E-state index is 12.7. The minimum absolute atomic E-state index is 0.0772. The summed E-state index contributed by atoms with van der Waals surface area (Å²) in [5.41, 5.74) is 5.12. The Hall–Kier alpha value is -3.93. The molecule has 33 heavy (non-hydrogen) atoms. The molecule has 0 N–H and O–H groups in total. The van der Waals surface area contributed by atoms with Crippen molar-refractivity contribution < 1.29 is 14.1 Å². The van der Waals surface area contributed by atoms with Gasteiger partial charge < -0.3 is 14.2 Å². The molecule has 1 fully saturated rings. The normalized spacial score (nSPS) is 15.8. The van der Waals surface area contributed by atoms with E-state index in [-0.39, 0.29) is 11.8 Å². The van der Waals surface area contributed by atoms with Crippen LogP contribution in [0.15, 0.2) is 77.3 Å². The SMILES string of the molecule is Cc1ccc(C)c(N2CC(c3nc(-c4ccc(OCc5ccccc5)cc4)no3)CC2=O)c1. The Bertz CT molecular complexity index is 1270. The van der Waals surface area contributed by atoms with Crippen molar-refractivity contribution in [2.75, 3.05) is 11.4 Å². The molecule has 0 spiro atoms. The molecule has 0 bridgehead atoms. The van der Waals surface area contributed by atoms with Crippen LogP contribution in [-0.2, 0) is 11.4 Å². The number of carbonyl (C=O) groups is 1. The Balaban J connectivity index is 1.26. The average molecular weight is 440 g/mol. The number of anilines is 1. The number of rotatable bonds is 6.